The number of benzene rings is 2. The minimum Gasteiger partial charge on any atom is -0.493 e. The number of anilines is 1. The third-order valence-corrected chi connectivity index (χ3v) is 5.78. The van der Waals surface area contributed by atoms with E-state index in [1.807, 2.05) is 6.07 Å². The number of hydrogen-bond donors (Lipinski definition) is 1. The SMILES string of the molecule is COc1cc2nc(N(C)Cc3cccc(S(C)(=O)=O)c3)[nH]c(=O)c2c(C)c1OC. The number of nitrogens with one attached hydrogen (secondary N) is 1. The maximum atomic E-state index is 12.7. The molecule has 0 atom stereocenters. The lowest BCUT2D eigenvalue weighted by Gasteiger charge is -2.19. The molecule has 0 spiro atoms. The number of aromatic nitrogens is 2. The Labute approximate surface area is 169 Å². The normalized spacial score (nSPS) is 11.5. The summed E-state index contributed by atoms with van der Waals surface area (Å²) in [5.74, 6) is 1.34. The van der Waals surface area contributed by atoms with Crippen molar-refractivity contribution in [3.8, 4) is 11.5 Å². The second kappa shape index (κ2) is 7.75. The van der Waals surface area contributed by atoms with Gasteiger partial charge < -0.3 is 14.4 Å². The van der Waals surface area contributed by atoms with Crippen LogP contribution in [0.3, 0.4) is 0 Å². The summed E-state index contributed by atoms with van der Waals surface area (Å²) in [7, 11) is 1.52. The van der Waals surface area contributed by atoms with Crippen molar-refractivity contribution < 1.29 is 17.9 Å². The fourth-order valence-electron chi connectivity index (χ4n) is 3.24. The number of sulfone groups is 1. The Morgan fingerprint density at radius 2 is 1.90 bits per heavy atom. The molecule has 0 bridgehead atoms. The van der Waals surface area contributed by atoms with Crippen LogP contribution in [0, 0.1) is 6.92 Å². The number of fused-ring (bicyclic) bond motifs is 1. The van der Waals surface area contributed by atoms with Crippen molar-refractivity contribution >= 4 is 26.7 Å². The molecule has 8 nitrogen and oxygen atoms in total. The summed E-state index contributed by atoms with van der Waals surface area (Å²) < 4.78 is 34.3. The van der Waals surface area contributed by atoms with Crippen molar-refractivity contribution in [3.05, 3.63) is 51.8 Å². The number of H-pyrrole nitrogens is 1. The minimum atomic E-state index is -3.30. The van der Waals surface area contributed by atoms with Gasteiger partial charge in [0.15, 0.2) is 21.3 Å². The van der Waals surface area contributed by atoms with Gasteiger partial charge >= 0.3 is 0 Å². The second-order valence-electron chi connectivity index (χ2n) is 6.80. The van der Waals surface area contributed by atoms with Gasteiger partial charge in [0.1, 0.15) is 0 Å². The number of nitrogens with zero attached hydrogens (tertiary/aromatic N) is 2. The molecular formula is C20H23N3O5S. The highest BCUT2D eigenvalue weighted by Gasteiger charge is 2.17. The molecule has 0 aliphatic rings. The van der Waals surface area contributed by atoms with Gasteiger partial charge in [0.05, 0.1) is 30.0 Å². The van der Waals surface area contributed by atoms with E-state index < -0.39 is 9.84 Å². The number of methoxy groups -OCH3 is 2. The fourth-order valence-corrected chi connectivity index (χ4v) is 3.93. The van der Waals surface area contributed by atoms with Crippen LogP contribution in [0.5, 0.6) is 11.5 Å². The first-order valence-corrected chi connectivity index (χ1v) is 10.7. The largest absolute Gasteiger partial charge is 0.493 e. The van der Waals surface area contributed by atoms with E-state index in [-0.39, 0.29) is 10.5 Å². The highest BCUT2D eigenvalue weighted by molar-refractivity contribution is 7.90. The van der Waals surface area contributed by atoms with Gasteiger partial charge in [0.25, 0.3) is 5.56 Å². The van der Waals surface area contributed by atoms with E-state index in [0.29, 0.717) is 40.5 Å². The molecule has 0 aliphatic heterocycles. The van der Waals surface area contributed by atoms with Gasteiger partial charge in [-0.2, -0.15) is 0 Å². The molecule has 1 aromatic heterocycles. The van der Waals surface area contributed by atoms with Crippen molar-refractivity contribution in [1.82, 2.24) is 9.97 Å². The highest BCUT2D eigenvalue weighted by atomic mass is 32.2. The van der Waals surface area contributed by atoms with Crippen molar-refractivity contribution in [2.24, 2.45) is 0 Å². The third kappa shape index (κ3) is 4.04. The van der Waals surface area contributed by atoms with Crippen LogP contribution in [0.15, 0.2) is 40.0 Å². The minimum absolute atomic E-state index is 0.246. The van der Waals surface area contributed by atoms with Crippen LogP contribution in [-0.2, 0) is 16.4 Å². The van der Waals surface area contributed by atoms with Gasteiger partial charge in [-0.15, -0.1) is 0 Å². The van der Waals surface area contributed by atoms with Gasteiger partial charge in [0.2, 0.25) is 5.95 Å². The molecule has 0 fully saturated rings. The fraction of sp³-hybridized carbons (Fsp3) is 0.300. The Bertz CT molecular complexity index is 1230. The zero-order valence-electron chi connectivity index (χ0n) is 16.9. The number of rotatable bonds is 6. The number of hydrogen-bond acceptors (Lipinski definition) is 7. The van der Waals surface area contributed by atoms with Crippen LogP contribution in [-0.4, -0.2) is 45.9 Å². The maximum absolute atomic E-state index is 12.7. The number of aryl methyl sites for hydroxylation is 1. The predicted molar refractivity (Wildman–Crippen MR) is 112 cm³/mol. The van der Waals surface area contributed by atoms with E-state index >= 15 is 0 Å². The van der Waals surface area contributed by atoms with Crippen LogP contribution in [0.2, 0.25) is 0 Å². The molecule has 29 heavy (non-hydrogen) atoms. The average Bonchev–Trinajstić information content (AvgIpc) is 2.66. The van der Waals surface area contributed by atoms with Crippen LogP contribution < -0.4 is 19.9 Å². The number of aromatic amines is 1. The molecule has 3 aromatic rings. The van der Waals surface area contributed by atoms with Gasteiger partial charge in [0, 0.05) is 31.5 Å². The predicted octanol–water partition coefficient (Wildman–Crippen LogP) is 2.29. The second-order valence-corrected chi connectivity index (χ2v) is 8.81. The van der Waals surface area contributed by atoms with Crippen LogP contribution in [0.1, 0.15) is 11.1 Å². The molecule has 0 saturated heterocycles. The highest BCUT2D eigenvalue weighted by Crippen LogP contribution is 2.35. The van der Waals surface area contributed by atoms with E-state index in [2.05, 4.69) is 9.97 Å². The third-order valence-electron chi connectivity index (χ3n) is 4.67. The topological polar surface area (TPSA) is 102 Å². The van der Waals surface area contributed by atoms with Crippen molar-refractivity contribution in [2.45, 2.75) is 18.4 Å². The molecule has 2 aromatic carbocycles. The van der Waals surface area contributed by atoms with E-state index in [1.54, 1.807) is 43.1 Å². The lowest BCUT2D eigenvalue weighted by atomic mass is 10.1. The summed E-state index contributed by atoms with van der Waals surface area (Å²) in [5, 5.41) is 0.430. The summed E-state index contributed by atoms with van der Waals surface area (Å²) in [4.78, 5) is 22.1. The molecule has 1 heterocycles. The summed E-state index contributed by atoms with van der Waals surface area (Å²) in [6.07, 6.45) is 1.17. The average molecular weight is 417 g/mol. The molecule has 0 radical (unpaired) electrons. The Morgan fingerprint density at radius 1 is 1.17 bits per heavy atom. The zero-order valence-corrected chi connectivity index (χ0v) is 17.8. The van der Waals surface area contributed by atoms with E-state index in [4.69, 9.17) is 9.47 Å². The molecule has 0 saturated carbocycles. The maximum Gasteiger partial charge on any atom is 0.260 e. The summed E-state index contributed by atoms with van der Waals surface area (Å²) >= 11 is 0. The first-order valence-electron chi connectivity index (χ1n) is 8.81. The summed E-state index contributed by atoms with van der Waals surface area (Å²) in [6, 6.07) is 8.34. The van der Waals surface area contributed by atoms with Crippen molar-refractivity contribution in [2.75, 3.05) is 32.4 Å². The summed E-state index contributed by atoms with van der Waals surface area (Å²) in [6.45, 7) is 2.14. The van der Waals surface area contributed by atoms with Crippen molar-refractivity contribution in [1.29, 1.82) is 0 Å². The first-order chi connectivity index (χ1) is 13.7. The molecule has 0 aliphatic carbocycles. The molecule has 0 unspecified atom stereocenters. The van der Waals surface area contributed by atoms with Gasteiger partial charge in [-0.05, 0) is 24.6 Å². The Morgan fingerprint density at radius 3 is 2.52 bits per heavy atom. The zero-order chi connectivity index (χ0) is 21.3. The van der Waals surface area contributed by atoms with Crippen LogP contribution in [0.25, 0.3) is 10.9 Å². The van der Waals surface area contributed by atoms with E-state index in [1.165, 1.54) is 20.5 Å². The van der Waals surface area contributed by atoms with Crippen molar-refractivity contribution in [3.63, 3.8) is 0 Å². The monoisotopic (exact) mass is 417 g/mol. The molecule has 3 rings (SSSR count). The Balaban J connectivity index is 2.03. The summed E-state index contributed by atoms with van der Waals surface area (Å²) in [5.41, 5.74) is 1.61. The van der Waals surface area contributed by atoms with Gasteiger partial charge in [-0.3, -0.25) is 9.78 Å². The lowest BCUT2D eigenvalue weighted by molar-refractivity contribution is 0.354. The number of ether oxygens (including phenoxy) is 2. The standard InChI is InChI=1S/C20H23N3O5S/c1-12-17-15(10-16(27-3)18(12)28-4)21-20(22-19(17)24)23(2)11-13-7-6-8-14(9-13)29(5,25)26/h6-10H,11H2,1-5H3,(H,21,22,24). The molecule has 1 N–H and O–H groups in total. The molecule has 154 valence electrons. The lowest BCUT2D eigenvalue weighted by Crippen LogP contribution is -2.23. The van der Waals surface area contributed by atoms with Gasteiger partial charge in [-0.25, -0.2) is 13.4 Å². The van der Waals surface area contributed by atoms with Gasteiger partial charge in [-0.1, -0.05) is 12.1 Å². The first kappa shape index (κ1) is 20.7. The van der Waals surface area contributed by atoms with E-state index in [9.17, 15) is 13.2 Å². The molecular weight excluding hydrogens is 394 g/mol. The Kier molecular flexibility index (Phi) is 5.52. The Hall–Kier alpha value is -3.07. The van der Waals surface area contributed by atoms with E-state index in [0.717, 1.165) is 5.56 Å². The smallest absolute Gasteiger partial charge is 0.260 e. The van der Waals surface area contributed by atoms with Crippen LogP contribution >= 0.6 is 0 Å². The molecule has 9 heteroatoms. The quantitative estimate of drug-likeness (QED) is 0.656. The molecule has 0 amide bonds. The van der Waals surface area contributed by atoms with Crippen LogP contribution in [0.4, 0.5) is 5.95 Å².